The van der Waals surface area contributed by atoms with E-state index in [4.69, 9.17) is 9.47 Å². The average molecular weight is 472 g/mol. The highest BCUT2D eigenvalue weighted by Crippen LogP contribution is 2.31. The van der Waals surface area contributed by atoms with Crippen molar-refractivity contribution in [2.75, 3.05) is 33.4 Å². The molecule has 0 bridgehead atoms. The summed E-state index contributed by atoms with van der Waals surface area (Å²) in [6, 6.07) is 12.5. The third-order valence-electron chi connectivity index (χ3n) is 5.61. The first-order valence-electron chi connectivity index (χ1n) is 10.9. The van der Waals surface area contributed by atoms with E-state index in [2.05, 4.69) is 22.2 Å². The summed E-state index contributed by atoms with van der Waals surface area (Å²) < 4.78 is 11.4. The SMILES string of the molecule is Cc1nc(-c2cccs2)sc1C(=O)NCc1cccc(OCCN(C)C2CCOCC2)c1. The summed E-state index contributed by atoms with van der Waals surface area (Å²) >= 11 is 3.07. The Kier molecular flexibility index (Phi) is 7.91. The van der Waals surface area contributed by atoms with Crippen molar-refractivity contribution in [1.82, 2.24) is 15.2 Å². The van der Waals surface area contributed by atoms with Crippen LogP contribution in [0.2, 0.25) is 0 Å². The first kappa shape index (κ1) is 22.9. The Labute approximate surface area is 197 Å². The van der Waals surface area contributed by atoms with Crippen molar-refractivity contribution in [2.24, 2.45) is 0 Å². The number of hydrogen-bond acceptors (Lipinski definition) is 7. The molecular formula is C24H29N3O3S2. The molecule has 3 heterocycles. The number of benzene rings is 1. The summed E-state index contributed by atoms with van der Waals surface area (Å²) in [5, 5.41) is 5.93. The maximum atomic E-state index is 12.7. The number of aromatic nitrogens is 1. The van der Waals surface area contributed by atoms with Gasteiger partial charge in [-0.2, -0.15) is 0 Å². The molecule has 0 saturated carbocycles. The Bertz CT molecular complexity index is 1010. The van der Waals surface area contributed by atoms with E-state index in [1.807, 2.05) is 48.7 Å². The normalized spacial score (nSPS) is 14.6. The lowest BCUT2D eigenvalue weighted by Gasteiger charge is -2.31. The highest BCUT2D eigenvalue weighted by Gasteiger charge is 2.18. The highest BCUT2D eigenvalue weighted by atomic mass is 32.1. The van der Waals surface area contributed by atoms with Gasteiger partial charge in [-0.05, 0) is 56.0 Å². The lowest BCUT2D eigenvalue weighted by atomic mass is 10.1. The Morgan fingerprint density at radius 1 is 1.28 bits per heavy atom. The molecule has 170 valence electrons. The van der Waals surface area contributed by atoms with Crippen LogP contribution in [0.4, 0.5) is 0 Å². The second-order valence-electron chi connectivity index (χ2n) is 7.91. The quantitative estimate of drug-likeness (QED) is 0.494. The zero-order valence-corrected chi connectivity index (χ0v) is 20.1. The predicted molar refractivity (Wildman–Crippen MR) is 130 cm³/mol. The van der Waals surface area contributed by atoms with Gasteiger partial charge in [0.2, 0.25) is 0 Å². The molecule has 1 aliphatic rings. The zero-order valence-electron chi connectivity index (χ0n) is 18.5. The van der Waals surface area contributed by atoms with Crippen LogP contribution in [0.3, 0.4) is 0 Å². The summed E-state index contributed by atoms with van der Waals surface area (Å²) in [6.07, 6.45) is 2.17. The van der Waals surface area contributed by atoms with Crippen molar-refractivity contribution in [1.29, 1.82) is 0 Å². The lowest BCUT2D eigenvalue weighted by molar-refractivity contribution is 0.0392. The molecule has 0 unspecified atom stereocenters. The van der Waals surface area contributed by atoms with Crippen molar-refractivity contribution < 1.29 is 14.3 Å². The smallest absolute Gasteiger partial charge is 0.263 e. The molecule has 1 aromatic carbocycles. The molecule has 1 N–H and O–H groups in total. The Balaban J connectivity index is 1.27. The minimum atomic E-state index is -0.0905. The number of carbonyl (C=O) groups is 1. The number of nitrogens with one attached hydrogen (secondary N) is 1. The fourth-order valence-electron chi connectivity index (χ4n) is 3.74. The van der Waals surface area contributed by atoms with Crippen molar-refractivity contribution in [2.45, 2.75) is 32.4 Å². The molecule has 2 aromatic heterocycles. The zero-order chi connectivity index (χ0) is 22.3. The number of nitrogens with zero attached hydrogens (tertiary/aromatic N) is 2. The Hall–Kier alpha value is -2.26. The van der Waals surface area contributed by atoms with Crippen LogP contribution in [0.5, 0.6) is 5.75 Å². The van der Waals surface area contributed by atoms with Crippen molar-refractivity contribution in [3.63, 3.8) is 0 Å². The predicted octanol–water partition coefficient (Wildman–Crippen LogP) is 4.60. The number of carbonyl (C=O) groups excluding carboxylic acids is 1. The van der Waals surface area contributed by atoms with Crippen LogP contribution in [0.15, 0.2) is 41.8 Å². The number of thiazole rings is 1. The van der Waals surface area contributed by atoms with Crippen molar-refractivity contribution in [3.8, 4) is 15.6 Å². The average Bonchev–Trinajstić information content (AvgIpc) is 3.48. The van der Waals surface area contributed by atoms with Gasteiger partial charge in [0, 0.05) is 32.3 Å². The van der Waals surface area contributed by atoms with Crippen LogP contribution in [0.25, 0.3) is 9.88 Å². The number of amides is 1. The molecule has 1 fully saturated rings. The number of aryl methyl sites for hydroxylation is 1. The molecule has 0 spiro atoms. The number of hydrogen-bond donors (Lipinski definition) is 1. The van der Waals surface area contributed by atoms with E-state index in [0.29, 0.717) is 24.1 Å². The van der Waals surface area contributed by atoms with Crippen molar-refractivity contribution >= 4 is 28.6 Å². The standard InChI is InChI=1S/C24H29N3O3S2/c1-17-22(32-24(26-17)21-7-4-14-31-21)23(28)25-16-18-5-3-6-20(15-18)30-13-10-27(2)19-8-11-29-12-9-19/h3-7,14-15,19H,8-13,16H2,1-2H3,(H,25,28). The Morgan fingerprint density at radius 2 is 2.12 bits per heavy atom. The third-order valence-corrected chi connectivity index (χ3v) is 7.81. The van der Waals surface area contributed by atoms with E-state index in [1.165, 1.54) is 11.3 Å². The van der Waals surface area contributed by atoms with Crippen LogP contribution in [-0.4, -0.2) is 55.2 Å². The van der Waals surface area contributed by atoms with Crippen LogP contribution in [0.1, 0.15) is 33.8 Å². The van der Waals surface area contributed by atoms with E-state index in [9.17, 15) is 4.79 Å². The van der Waals surface area contributed by atoms with Gasteiger partial charge in [-0.25, -0.2) is 4.98 Å². The fourth-order valence-corrected chi connectivity index (χ4v) is 5.52. The minimum absolute atomic E-state index is 0.0905. The minimum Gasteiger partial charge on any atom is -0.492 e. The molecular weight excluding hydrogens is 442 g/mol. The van der Waals surface area contributed by atoms with Gasteiger partial charge in [-0.3, -0.25) is 9.69 Å². The molecule has 0 radical (unpaired) electrons. The molecule has 1 amide bonds. The number of ether oxygens (including phenoxy) is 2. The van der Waals surface area contributed by atoms with E-state index in [1.54, 1.807) is 11.3 Å². The van der Waals surface area contributed by atoms with Gasteiger partial charge < -0.3 is 14.8 Å². The Morgan fingerprint density at radius 3 is 2.91 bits per heavy atom. The highest BCUT2D eigenvalue weighted by molar-refractivity contribution is 7.22. The summed E-state index contributed by atoms with van der Waals surface area (Å²) in [7, 11) is 2.15. The topological polar surface area (TPSA) is 63.7 Å². The molecule has 1 aliphatic heterocycles. The second kappa shape index (κ2) is 11.0. The maximum absolute atomic E-state index is 12.7. The number of thiophene rings is 1. The van der Waals surface area contributed by atoms with E-state index in [0.717, 1.165) is 59.5 Å². The van der Waals surface area contributed by atoms with Crippen LogP contribution in [0, 0.1) is 6.92 Å². The van der Waals surface area contributed by atoms with E-state index < -0.39 is 0 Å². The summed E-state index contributed by atoms with van der Waals surface area (Å²) in [6.45, 7) is 5.54. The summed E-state index contributed by atoms with van der Waals surface area (Å²) in [5.41, 5.74) is 1.77. The van der Waals surface area contributed by atoms with Crippen molar-refractivity contribution in [3.05, 3.63) is 57.9 Å². The first-order chi connectivity index (χ1) is 15.6. The summed E-state index contributed by atoms with van der Waals surface area (Å²) in [4.78, 5) is 21.4. The van der Waals surface area contributed by atoms with Crippen LogP contribution >= 0.6 is 22.7 Å². The molecule has 3 aromatic rings. The molecule has 1 saturated heterocycles. The molecule has 4 rings (SSSR count). The van der Waals surface area contributed by atoms with Crippen LogP contribution in [-0.2, 0) is 11.3 Å². The lowest BCUT2D eigenvalue weighted by Crippen LogP contribution is -2.38. The molecule has 0 aliphatic carbocycles. The van der Waals surface area contributed by atoms with Gasteiger partial charge in [0.1, 0.15) is 22.2 Å². The molecule has 8 heteroatoms. The largest absolute Gasteiger partial charge is 0.492 e. The van der Waals surface area contributed by atoms with E-state index >= 15 is 0 Å². The maximum Gasteiger partial charge on any atom is 0.263 e. The fraction of sp³-hybridized carbons (Fsp3) is 0.417. The van der Waals surface area contributed by atoms with Gasteiger partial charge in [0.05, 0.1) is 10.6 Å². The second-order valence-corrected chi connectivity index (χ2v) is 9.86. The molecule has 32 heavy (non-hydrogen) atoms. The number of rotatable bonds is 9. The third kappa shape index (κ3) is 5.95. The van der Waals surface area contributed by atoms with Gasteiger partial charge in [0.15, 0.2) is 0 Å². The molecule has 6 nitrogen and oxygen atoms in total. The van der Waals surface area contributed by atoms with Gasteiger partial charge in [0.25, 0.3) is 5.91 Å². The monoisotopic (exact) mass is 471 g/mol. The number of likely N-dealkylation sites (N-methyl/N-ethyl adjacent to an activating group) is 1. The van der Waals surface area contributed by atoms with E-state index in [-0.39, 0.29) is 5.91 Å². The van der Waals surface area contributed by atoms with Crippen LogP contribution < -0.4 is 10.1 Å². The summed E-state index contributed by atoms with van der Waals surface area (Å²) in [5.74, 6) is 0.735. The first-order valence-corrected chi connectivity index (χ1v) is 12.6. The molecule has 0 atom stereocenters. The van der Waals surface area contributed by atoms with Gasteiger partial charge in [-0.15, -0.1) is 22.7 Å². The van der Waals surface area contributed by atoms with Gasteiger partial charge >= 0.3 is 0 Å². The van der Waals surface area contributed by atoms with Gasteiger partial charge in [-0.1, -0.05) is 18.2 Å².